The van der Waals surface area contributed by atoms with Gasteiger partial charge in [0.05, 0.1) is 18.2 Å². The number of allylic oxidation sites excluding steroid dienone is 1. The lowest BCUT2D eigenvalue weighted by atomic mass is 9.95. The summed E-state index contributed by atoms with van der Waals surface area (Å²) in [5.41, 5.74) is 2.12. The van der Waals surface area contributed by atoms with E-state index in [-0.39, 0.29) is 18.0 Å². The first-order valence-electron chi connectivity index (χ1n) is 7.66. The summed E-state index contributed by atoms with van der Waals surface area (Å²) in [7, 11) is 0. The molecule has 5 heteroatoms. The molecule has 0 aromatic heterocycles. The van der Waals surface area contributed by atoms with Gasteiger partial charge in [0.25, 0.3) is 0 Å². The van der Waals surface area contributed by atoms with Crippen LogP contribution in [0.15, 0.2) is 41.6 Å². The Hall–Kier alpha value is -2.30. The Labute approximate surface area is 129 Å². The zero-order valence-corrected chi connectivity index (χ0v) is 12.8. The van der Waals surface area contributed by atoms with Crippen LogP contribution in [0.25, 0.3) is 0 Å². The van der Waals surface area contributed by atoms with Crippen LogP contribution in [-0.2, 0) is 9.53 Å². The summed E-state index contributed by atoms with van der Waals surface area (Å²) in [5, 5.41) is 2.95. The molecule has 1 fully saturated rings. The Morgan fingerprint density at radius 2 is 2.00 bits per heavy atom. The van der Waals surface area contributed by atoms with Crippen molar-refractivity contribution >= 4 is 12.0 Å². The Bertz CT molecular complexity index is 620. The van der Waals surface area contributed by atoms with E-state index in [1.807, 2.05) is 37.3 Å². The van der Waals surface area contributed by atoms with Gasteiger partial charge in [-0.3, -0.25) is 4.90 Å². The average Bonchev–Trinajstić information content (AvgIpc) is 3.32. The maximum atomic E-state index is 12.4. The summed E-state index contributed by atoms with van der Waals surface area (Å²) >= 11 is 0. The SMILES string of the molecule is CCOC(=O)C1=C(C)N(C2CC2)C(=O)NC1c1ccccc1. The van der Waals surface area contributed by atoms with E-state index < -0.39 is 6.04 Å². The first kappa shape index (κ1) is 14.6. The highest BCUT2D eigenvalue weighted by Crippen LogP contribution is 2.37. The van der Waals surface area contributed by atoms with Crippen molar-refractivity contribution < 1.29 is 14.3 Å². The van der Waals surface area contributed by atoms with Crippen LogP contribution >= 0.6 is 0 Å². The lowest BCUT2D eigenvalue weighted by molar-refractivity contribution is -0.139. The molecule has 1 N–H and O–H groups in total. The van der Waals surface area contributed by atoms with Crippen molar-refractivity contribution in [1.82, 2.24) is 10.2 Å². The molecule has 0 bridgehead atoms. The number of hydrogen-bond donors (Lipinski definition) is 1. The molecular formula is C17H20N2O3. The summed E-state index contributed by atoms with van der Waals surface area (Å²) in [6.07, 6.45) is 1.97. The van der Waals surface area contributed by atoms with Crippen molar-refractivity contribution in [2.75, 3.05) is 6.61 Å². The van der Waals surface area contributed by atoms with E-state index in [2.05, 4.69) is 5.32 Å². The second-order valence-electron chi connectivity index (χ2n) is 5.61. The van der Waals surface area contributed by atoms with Crippen molar-refractivity contribution in [3.63, 3.8) is 0 Å². The van der Waals surface area contributed by atoms with Crippen molar-refractivity contribution in [2.24, 2.45) is 0 Å². The fraction of sp³-hybridized carbons (Fsp3) is 0.412. The molecule has 2 amide bonds. The number of carbonyl (C=O) groups is 2. The van der Waals surface area contributed by atoms with Gasteiger partial charge in [-0.2, -0.15) is 0 Å². The average molecular weight is 300 g/mol. The second-order valence-corrected chi connectivity index (χ2v) is 5.61. The molecule has 1 heterocycles. The molecule has 1 aromatic carbocycles. The Balaban J connectivity index is 2.04. The van der Waals surface area contributed by atoms with Gasteiger partial charge >= 0.3 is 12.0 Å². The first-order valence-corrected chi connectivity index (χ1v) is 7.66. The molecule has 1 atom stereocenters. The van der Waals surface area contributed by atoms with Gasteiger partial charge in [0.1, 0.15) is 0 Å². The van der Waals surface area contributed by atoms with Crippen molar-refractivity contribution in [2.45, 2.75) is 38.8 Å². The standard InChI is InChI=1S/C17H20N2O3/c1-3-22-16(20)14-11(2)19(13-9-10-13)17(21)18-15(14)12-7-5-4-6-8-12/h4-8,13,15H,3,9-10H2,1-2H3,(H,18,21). The van der Waals surface area contributed by atoms with Crippen LogP contribution in [0, 0.1) is 0 Å². The number of benzene rings is 1. The number of urea groups is 1. The smallest absolute Gasteiger partial charge is 0.338 e. The molecule has 1 aliphatic carbocycles. The fourth-order valence-electron chi connectivity index (χ4n) is 2.90. The summed E-state index contributed by atoms with van der Waals surface area (Å²) < 4.78 is 5.21. The Morgan fingerprint density at radius 1 is 1.32 bits per heavy atom. The third-order valence-electron chi connectivity index (χ3n) is 4.07. The molecule has 116 valence electrons. The molecule has 1 aliphatic heterocycles. The van der Waals surface area contributed by atoms with E-state index in [1.54, 1.807) is 11.8 Å². The molecule has 1 aromatic rings. The summed E-state index contributed by atoms with van der Waals surface area (Å²) in [5.74, 6) is -0.362. The van der Waals surface area contributed by atoms with E-state index in [1.165, 1.54) is 0 Å². The molecule has 1 unspecified atom stereocenters. The minimum atomic E-state index is -0.456. The van der Waals surface area contributed by atoms with E-state index >= 15 is 0 Å². The first-order chi connectivity index (χ1) is 10.6. The van der Waals surface area contributed by atoms with Gasteiger partial charge in [-0.25, -0.2) is 9.59 Å². The van der Waals surface area contributed by atoms with Crippen molar-refractivity contribution in [1.29, 1.82) is 0 Å². The molecule has 5 nitrogen and oxygen atoms in total. The molecule has 22 heavy (non-hydrogen) atoms. The number of carbonyl (C=O) groups excluding carboxylic acids is 2. The van der Waals surface area contributed by atoms with Gasteiger partial charge in [0, 0.05) is 11.7 Å². The predicted molar refractivity (Wildman–Crippen MR) is 81.9 cm³/mol. The fourth-order valence-corrected chi connectivity index (χ4v) is 2.90. The third kappa shape index (κ3) is 2.58. The molecule has 0 saturated heterocycles. The van der Waals surface area contributed by atoms with Crippen LogP contribution in [0.5, 0.6) is 0 Å². The number of hydrogen-bond acceptors (Lipinski definition) is 3. The van der Waals surface area contributed by atoms with Crippen LogP contribution in [0.2, 0.25) is 0 Å². The van der Waals surface area contributed by atoms with Crippen LogP contribution < -0.4 is 5.32 Å². The van der Waals surface area contributed by atoms with Gasteiger partial charge < -0.3 is 10.1 Å². The number of ether oxygens (including phenoxy) is 1. The minimum absolute atomic E-state index is 0.137. The molecule has 0 radical (unpaired) electrons. The number of esters is 1. The van der Waals surface area contributed by atoms with Crippen molar-refractivity contribution in [3.8, 4) is 0 Å². The van der Waals surface area contributed by atoms with E-state index in [0.29, 0.717) is 17.9 Å². The lowest BCUT2D eigenvalue weighted by Crippen LogP contribution is -2.48. The maximum Gasteiger partial charge on any atom is 0.338 e. The Morgan fingerprint density at radius 3 is 2.59 bits per heavy atom. The number of amides is 2. The summed E-state index contributed by atoms with van der Waals surface area (Å²) in [6, 6.07) is 9.13. The van der Waals surface area contributed by atoms with Gasteiger partial charge in [0.15, 0.2) is 0 Å². The zero-order chi connectivity index (χ0) is 15.7. The number of nitrogens with one attached hydrogen (secondary N) is 1. The second kappa shape index (κ2) is 5.83. The molecule has 3 rings (SSSR count). The molecule has 1 saturated carbocycles. The van der Waals surface area contributed by atoms with Crippen LogP contribution in [0.4, 0.5) is 4.79 Å². The lowest BCUT2D eigenvalue weighted by Gasteiger charge is -2.35. The highest BCUT2D eigenvalue weighted by atomic mass is 16.5. The highest BCUT2D eigenvalue weighted by Gasteiger charge is 2.42. The predicted octanol–water partition coefficient (Wildman–Crippen LogP) is 2.75. The molecule has 0 spiro atoms. The quantitative estimate of drug-likeness (QED) is 0.870. The van der Waals surface area contributed by atoms with Gasteiger partial charge in [-0.1, -0.05) is 30.3 Å². The van der Waals surface area contributed by atoms with Crippen LogP contribution in [0.3, 0.4) is 0 Å². The maximum absolute atomic E-state index is 12.4. The summed E-state index contributed by atoms with van der Waals surface area (Å²) in [4.78, 5) is 26.6. The van der Waals surface area contributed by atoms with Gasteiger partial charge in [0.2, 0.25) is 0 Å². The van der Waals surface area contributed by atoms with E-state index in [9.17, 15) is 9.59 Å². The van der Waals surface area contributed by atoms with Crippen LogP contribution in [0.1, 0.15) is 38.3 Å². The van der Waals surface area contributed by atoms with E-state index in [0.717, 1.165) is 18.4 Å². The van der Waals surface area contributed by atoms with Gasteiger partial charge in [-0.05, 0) is 32.3 Å². The minimum Gasteiger partial charge on any atom is -0.463 e. The zero-order valence-electron chi connectivity index (χ0n) is 12.8. The normalized spacial score (nSPS) is 21.6. The third-order valence-corrected chi connectivity index (χ3v) is 4.07. The van der Waals surface area contributed by atoms with Crippen LogP contribution in [-0.4, -0.2) is 29.5 Å². The molecule has 2 aliphatic rings. The van der Waals surface area contributed by atoms with Gasteiger partial charge in [-0.15, -0.1) is 0 Å². The largest absolute Gasteiger partial charge is 0.463 e. The number of rotatable bonds is 4. The topological polar surface area (TPSA) is 58.6 Å². The molecular weight excluding hydrogens is 280 g/mol. The monoisotopic (exact) mass is 300 g/mol. The summed E-state index contributed by atoms with van der Waals surface area (Å²) in [6.45, 7) is 3.93. The van der Waals surface area contributed by atoms with E-state index in [4.69, 9.17) is 4.74 Å². The Kier molecular flexibility index (Phi) is 3.88. The highest BCUT2D eigenvalue weighted by molar-refractivity contribution is 5.95. The van der Waals surface area contributed by atoms with Crippen molar-refractivity contribution in [3.05, 3.63) is 47.2 Å². The number of nitrogens with zero attached hydrogens (tertiary/aromatic N) is 1.